The second-order valence-corrected chi connectivity index (χ2v) is 6.05. The molecule has 0 saturated heterocycles. The second kappa shape index (κ2) is 2.63. The number of aldehydes is 1. The molecule has 1 aliphatic heterocycles. The average Bonchev–Trinajstić information content (AvgIpc) is 2.75. The molecule has 2 atom stereocenters. The summed E-state index contributed by atoms with van der Waals surface area (Å²) in [5, 5.41) is 0. The van der Waals surface area contributed by atoms with E-state index >= 15 is 0 Å². The van der Waals surface area contributed by atoms with Crippen LogP contribution in [-0.4, -0.2) is 12.1 Å². The van der Waals surface area contributed by atoms with Crippen LogP contribution in [0.4, 0.5) is 0 Å². The zero-order chi connectivity index (χ0) is 10.8. The molecule has 4 fully saturated rings. The van der Waals surface area contributed by atoms with E-state index in [9.17, 15) is 4.79 Å². The summed E-state index contributed by atoms with van der Waals surface area (Å²) in [6.07, 6.45) is 9.95. The lowest BCUT2D eigenvalue weighted by Gasteiger charge is -2.60. The molecule has 0 aromatic rings. The standard InChI is InChI=1S/C13H16O3/c14-8-12-5-9-3-10(6-12)13(11(4-9)7-12)15-1-2-16-13/h1-2,8-11H,3-7H2. The number of ether oxygens (including phenoxy) is 2. The Morgan fingerprint density at radius 3 is 2.25 bits per heavy atom. The van der Waals surface area contributed by atoms with Gasteiger partial charge in [-0.2, -0.15) is 0 Å². The first kappa shape index (κ1) is 9.08. The van der Waals surface area contributed by atoms with Crippen molar-refractivity contribution in [3.05, 3.63) is 12.5 Å². The van der Waals surface area contributed by atoms with Crippen molar-refractivity contribution in [2.45, 2.75) is 37.9 Å². The van der Waals surface area contributed by atoms with Gasteiger partial charge in [-0.1, -0.05) is 0 Å². The first-order valence-electron chi connectivity index (χ1n) is 6.23. The lowest BCUT2D eigenvalue weighted by molar-refractivity contribution is -0.288. The fourth-order valence-electron chi connectivity index (χ4n) is 4.81. The molecule has 3 heteroatoms. The molecule has 5 aliphatic rings. The normalized spacial score (nSPS) is 50.4. The highest BCUT2D eigenvalue weighted by atomic mass is 16.7. The molecule has 0 amide bonds. The van der Waals surface area contributed by atoms with Crippen molar-refractivity contribution in [2.75, 3.05) is 0 Å². The molecule has 86 valence electrons. The van der Waals surface area contributed by atoms with Gasteiger partial charge in [-0.05, 0) is 38.0 Å². The largest absolute Gasteiger partial charge is 0.456 e. The van der Waals surface area contributed by atoms with E-state index in [2.05, 4.69) is 0 Å². The molecule has 4 aliphatic carbocycles. The van der Waals surface area contributed by atoms with Gasteiger partial charge in [0.15, 0.2) is 0 Å². The predicted octanol–water partition coefficient (Wildman–Crippen LogP) is 2.23. The van der Waals surface area contributed by atoms with Crippen molar-refractivity contribution in [1.29, 1.82) is 0 Å². The molecule has 16 heavy (non-hydrogen) atoms. The van der Waals surface area contributed by atoms with E-state index in [1.165, 1.54) is 19.1 Å². The quantitative estimate of drug-likeness (QED) is 0.636. The summed E-state index contributed by atoms with van der Waals surface area (Å²) in [6, 6.07) is 0. The van der Waals surface area contributed by atoms with Gasteiger partial charge in [0.2, 0.25) is 0 Å². The monoisotopic (exact) mass is 220 g/mol. The number of carbonyl (C=O) groups is 1. The third-order valence-electron chi connectivity index (χ3n) is 5.18. The fraction of sp³-hybridized carbons (Fsp3) is 0.769. The van der Waals surface area contributed by atoms with Crippen molar-refractivity contribution in [3.8, 4) is 0 Å². The molecular formula is C13H16O3. The van der Waals surface area contributed by atoms with Crippen LogP contribution in [0.5, 0.6) is 0 Å². The molecule has 4 bridgehead atoms. The van der Waals surface area contributed by atoms with Gasteiger partial charge in [-0.15, -0.1) is 0 Å². The molecule has 4 saturated carbocycles. The molecule has 3 nitrogen and oxygen atoms in total. The van der Waals surface area contributed by atoms with Gasteiger partial charge in [-0.3, -0.25) is 0 Å². The minimum Gasteiger partial charge on any atom is -0.456 e. The Balaban J connectivity index is 1.75. The Labute approximate surface area is 94.8 Å². The van der Waals surface area contributed by atoms with Crippen molar-refractivity contribution in [3.63, 3.8) is 0 Å². The maximum absolute atomic E-state index is 11.4. The molecular weight excluding hydrogens is 204 g/mol. The van der Waals surface area contributed by atoms with E-state index in [-0.39, 0.29) is 5.41 Å². The van der Waals surface area contributed by atoms with E-state index in [0.29, 0.717) is 11.8 Å². The van der Waals surface area contributed by atoms with Crippen LogP contribution >= 0.6 is 0 Å². The summed E-state index contributed by atoms with van der Waals surface area (Å²) in [5.74, 6) is 1.16. The first-order chi connectivity index (χ1) is 7.76. The zero-order valence-electron chi connectivity index (χ0n) is 9.22. The third-order valence-corrected chi connectivity index (χ3v) is 5.18. The highest BCUT2D eigenvalue weighted by Gasteiger charge is 2.65. The summed E-state index contributed by atoms with van der Waals surface area (Å²) < 4.78 is 11.6. The smallest absolute Gasteiger partial charge is 0.255 e. The maximum Gasteiger partial charge on any atom is 0.255 e. The van der Waals surface area contributed by atoms with E-state index < -0.39 is 5.79 Å². The third kappa shape index (κ3) is 0.886. The van der Waals surface area contributed by atoms with Crippen molar-refractivity contribution >= 4 is 6.29 Å². The van der Waals surface area contributed by atoms with E-state index in [1.807, 2.05) is 0 Å². The van der Waals surface area contributed by atoms with Gasteiger partial charge in [0.25, 0.3) is 5.79 Å². The highest BCUT2D eigenvalue weighted by Crippen LogP contribution is 2.64. The van der Waals surface area contributed by atoms with Crippen LogP contribution in [-0.2, 0) is 14.3 Å². The molecule has 0 aromatic carbocycles. The molecule has 0 aromatic heterocycles. The molecule has 1 spiro atoms. The van der Waals surface area contributed by atoms with E-state index in [0.717, 1.165) is 25.2 Å². The summed E-state index contributed by atoms with van der Waals surface area (Å²) in [7, 11) is 0. The lowest BCUT2D eigenvalue weighted by Crippen LogP contribution is -2.62. The highest BCUT2D eigenvalue weighted by molar-refractivity contribution is 5.60. The first-order valence-corrected chi connectivity index (χ1v) is 6.23. The van der Waals surface area contributed by atoms with Crippen LogP contribution in [0, 0.1) is 23.2 Å². The van der Waals surface area contributed by atoms with Gasteiger partial charge in [0.1, 0.15) is 18.8 Å². The van der Waals surface area contributed by atoms with Crippen LogP contribution in [0.2, 0.25) is 0 Å². The van der Waals surface area contributed by atoms with Gasteiger partial charge < -0.3 is 14.3 Å². The average molecular weight is 220 g/mol. The molecule has 0 N–H and O–H groups in total. The van der Waals surface area contributed by atoms with Crippen LogP contribution in [0.15, 0.2) is 12.5 Å². The summed E-state index contributed by atoms with van der Waals surface area (Å²) in [4.78, 5) is 11.4. The molecule has 1 heterocycles. The topological polar surface area (TPSA) is 35.5 Å². The predicted molar refractivity (Wildman–Crippen MR) is 56.1 cm³/mol. The summed E-state index contributed by atoms with van der Waals surface area (Å²) >= 11 is 0. The number of rotatable bonds is 1. The van der Waals surface area contributed by atoms with E-state index in [1.54, 1.807) is 12.5 Å². The van der Waals surface area contributed by atoms with Crippen LogP contribution in [0.1, 0.15) is 32.1 Å². The SMILES string of the molecule is O=CC12CC3CC(C1)C1(OC=CO1)C(C3)C2. The number of carbonyl (C=O) groups excluding carboxylic acids is 1. The van der Waals surface area contributed by atoms with Gasteiger partial charge >= 0.3 is 0 Å². The van der Waals surface area contributed by atoms with Crippen LogP contribution in [0.3, 0.4) is 0 Å². The summed E-state index contributed by atoms with van der Waals surface area (Å²) in [5.41, 5.74) is -0.0446. The Bertz CT molecular complexity index is 347. The summed E-state index contributed by atoms with van der Waals surface area (Å²) in [6.45, 7) is 0. The molecule has 5 rings (SSSR count). The van der Waals surface area contributed by atoms with Crippen LogP contribution in [0.25, 0.3) is 0 Å². The molecule has 0 radical (unpaired) electrons. The van der Waals surface area contributed by atoms with Gasteiger partial charge in [-0.25, -0.2) is 0 Å². The van der Waals surface area contributed by atoms with Crippen molar-refractivity contribution < 1.29 is 14.3 Å². The zero-order valence-corrected chi connectivity index (χ0v) is 9.22. The lowest BCUT2D eigenvalue weighted by atomic mass is 9.47. The van der Waals surface area contributed by atoms with Gasteiger partial charge in [0, 0.05) is 17.3 Å². The number of hydrogen-bond donors (Lipinski definition) is 0. The Hall–Kier alpha value is -0.990. The Kier molecular flexibility index (Phi) is 1.49. The minimum atomic E-state index is -0.399. The van der Waals surface area contributed by atoms with Crippen molar-refractivity contribution in [1.82, 2.24) is 0 Å². The maximum atomic E-state index is 11.4. The minimum absolute atomic E-state index is 0.0446. The number of hydrogen-bond acceptors (Lipinski definition) is 3. The van der Waals surface area contributed by atoms with E-state index in [4.69, 9.17) is 9.47 Å². The Morgan fingerprint density at radius 1 is 1.06 bits per heavy atom. The van der Waals surface area contributed by atoms with Gasteiger partial charge in [0.05, 0.1) is 0 Å². The molecule has 2 unspecified atom stereocenters. The fourth-order valence-corrected chi connectivity index (χ4v) is 4.81. The van der Waals surface area contributed by atoms with Crippen LogP contribution < -0.4 is 0 Å². The van der Waals surface area contributed by atoms with Crippen molar-refractivity contribution in [2.24, 2.45) is 23.2 Å². The Morgan fingerprint density at radius 2 is 1.69 bits per heavy atom. The second-order valence-electron chi connectivity index (χ2n) is 6.05.